The fraction of sp³-hybridized carbons (Fsp3) is 0.188. The van der Waals surface area contributed by atoms with E-state index < -0.39 is 29.2 Å². The molecule has 0 bridgehead atoms. The van der Waals surface area contributed by atoms with Gasteiger partial charge in [-0.15, -0.1) is 11.3 Å². The van der Waals surface area contributed by atoms with Crippen molar-refractivity contribution in [3.63, 3.8) is 0 Å². The first-order valence-corrected chi connectivity index (χ1v) is 8.70. The standard InChI is InChI=1S/C16H14N4O6S/c21-14(18-15(22)17-6-5-11-2-1-7-27-11)9-19-12-8-10(20(24)25)3-4-13(12)26-16(19)23/h1-4,7-8H,5-6,9H2,(H2,17,18,21,22). The normalized spacial score (nSPS) is 10.7. The molecule has 140 valence electrons. The number of urea groups is 1. The van der Waals surface area contributed by atoms with Crippen LogP contribution in [0.1, 0.15) is 4.88 Å². The molecule has 0 saturated carbocycles. The number of carbonyl (C=O) groups is 2. The van der Waals surface area contributed by atoms with E-state index in [1.807, 2.05) is 17.5 Å². The van der Waals surface area contributed by atoms with E-state index in [9.17, 15) is 24.5 Å². The molecule has 0 aliphatic carbocycles. The molecule has 0 spiro atoms. The summed E-state index contributed by atoms with van der Waals surface area (Å²) in [6, 6.07) is 6.75. The number of amides is 3. The van der Waals surface area contributed by atoms with Crippen LogP contribution in [0.5, 0.6) is 0 Å². The maximum Gasteiger partial charge on any atom is 0.420 e. The highest BCUT2D eigenvalue weighted by Crippen LogP contribution is 2.19. The summed E-state index contributed by atoms with van der Waals surface area (Å²) in [6.45, 7) is -0.161. The van der Waals surface area contributed by atoms with E-state index in [-0.39, 0.29) is 16.8 Å². The van der Waals surface area contributed by atoms with Gasteiger partial charge in [-0.25, -0.2) is 9.59 Å². The van der Waals surface area contributed by atoms with E-state index >= 15 is 0 Å². The van der Waals surface area contributed by atoms with Crippen molar-refractivity contribution < 1.29 is 18.9 Å². The minimum Gasteiger partial charge on any atom is -0.408 e. The van der Waals surface area contributed by atoms with Gasteiger partial charge in [-0.2, -0.15) is 0 Å². The van der Waals surface area contributed by atoms with Gasteiger partial charge in [-0.3, -0.25) is 24.8 Å². The lowest BCUT2D eigenvalue weighted by atomic mass is 10.3. The number of rotatable bonds is 6. The molecule has 0 unspecified atom stereocenters. The first kappa shape index (κ1) is 18.3. The topological polar surface area (TPSA) is 136 Å². The van der Waals surface area contributed by atoms with Gasteiger partial charge in [-0.05, 0) is 23.9 Å². The average Bonchev–Trinajstić information content (AvgIpc) is 3.23. The molecule has 3 amide bonds. The van der Waals surface area contributed by atoms with Gasteiger partial charge >= 0.3 is 11.8 Å². The van der Waals surface area contributed by atoms with E-state index in [1.165, 1.54) is 12.1 Å². The third kappa shape index (κ3) is 4.39. The Balaban J connectivity index is 1.62. The molecule has 0 fully saturated rings. The number of thiophene rings is 1. The van der Waals surface area contributed by atoms with E-state index in [0.717, 1.165) is 15.5 Å². The van der Waals surface area contributed by atoms with Crippen LogP contribution in [0.2, 0.25) is 0 Å². The fourth-order valence-corrected chi connectivity index (χ4v) is 3.13. The van der Waals surface area contributed by atoms with E-state index in [4.69, 9.17) is 4.42 Å². The number of nitrogens with zero attached hydrogens (tertiary/aromatic N) is 2. The van der Waals surface area contributed by atoms with Gasteiger partial charge in [0.1, 0.15) is 6.54 Å². The Labute approximate surface area is 155 Å². The molecule has 2 heterocycles. The van der Waals surface area contributed by atoms with Crippen LogP contribution in [0.15, 0.2) is 44.9 Å². The van der Waals surface area contributed by atoms with E-state index in [1.54, 1.807) is 11.3 Å². The van der Waals surface area contributed by atoms with Crippen LogP contribution < -0.4 is 16.4 Å². The predicted octanol–water partition coefficient (Wildman–Crippen LogP) is 1.63. The second-order valence-corrected chi connectivity index (χ2v) is 6.53. The Kier molecular flexibility index (Phi) is 5.31. The zero-order valence-corrected chi connectivity index (χ0v) is 14.7. The number of hydrogen-bond donors (Lipinski definition) is 2. The first-order valence-electron chi connectivity index (χ1n) is 7.82. The Morgan fingerprint density at radius 1 is 1.30 bits per heavy atom. The number of benzene rings is 1. The molecule has 0 atom stereocenters. The maximum atomic E-state index is 12.0. The first-order chi connectivity index (χ1) is 12.9. The number of nitro groups is 1. The monoisotopic (exact) mass is 390 g/mol. The van der Waals surface area contributed by atoms with Crippen LogP contribution in [0, 0.1) is 10.1 Å². The lowest BCUT2D eigenvalue weighted by Crippen LogP contribution is -2.42. The highest BCUT2D eigenvalue weighted by Gasteiger charge is 2.17. The number of carbonyl (C=O) groups excluding carboxylic acids is 2. The minimum atomic E-state index is -0.848. The Hall–Kier alpha value is -3.47. The zero-order valence-electron chi connectivity index (χ0n) is 13.8. The molecule has 0 saturated heterocycles. The lowest BCUT2D eigenvalue weighted by molar-refractivity contribution is -0.384. The van der Waals surface area contributed by atoms with Crippen molar-refractivity contribution in [2.45, 2.75) is 13.0 Å². The number of oxazole rings is 1. The van der Waals surface area contributed by atoms with Crippen molar-refractivity contribution in [3.05, 3.63) is 61.3 Å². The number of aromatic nitrogens is 1. The molecule has 2 aromatic heterocycles. The fourth-order valence-electron chi connectivity index (χ4n) is 2.42. The number of hydrogen-bond acceptors (Lipinski definition) is 7. The second kappa shape index (κ2) is 7.83. The van der Waals surface area contributed by atoms with Crippen LogP contribution in [-0.4, -0.2) is 28.0 Å². The Morgan fingerprint density at radius 3 is 2.81 bits per heavy atom. The number of non-ortho nitro benzene ring substituents is 1. The Morgan fingerprint density at radius 2 is 2.11 bits per heavy atom. The molecule has 11 heteroatoms. The van der Waals surface area contributed by atoms with Gasteiger partial charge in [0.15, 0.2) is 5.58 Å². The molecule has 27 heavy (non-hydrogen) atoms. The molecular formula is C16H14N4O6S. The molecule has 0 radical (unpaired) electrons. The quantitative estimate of drug-likeness (QED) is 0.485. The van der Waals surface area contributed by atoms with E-state index in [2.05, 4.69) is 10.6 Å². The number of nitro benzene ring substituents is 1. The summed E-state index contributed by atoms with van der Waals surface area (Å²) in [5, 5.41) is 17.4. The number of imide groups is 1. The number of fused-ring (bicyclic) bond motifs is 1. The maximum absolute atomic E-state index is 12.0. The van der Waals surface area contributed by atoms with Crippen molar-refractivity contribution in [1.29, 1.82) is 0 Å². The SMILES string of the molecule is O=C(Cn1c(=O)oc2ccc([N+](=O)[O-])cc21)NC(=O)NCCc1cccs1. The summed E-state index contributed by atoms with van der Waals surface area (Å²) in [5.41, 5.74) is -0.0370. The second-order valence-electron chi connectivity index (χ2n) is 5.50. The van der Waals surface area contributed by atoms with Gasteiger partial charge < -0.3 is 9.73 Å². The summed E-state index contributed by atoms with van der Waals surface area (Å²) >= 11 is 1.56. The van der Waals surface area contributed by atoms with E-state index in [0.29, 0.717) is 13.0 Å². The van der Waals surface area contributed by atoms with Crippen molar-refractivity contribution in [3.8, 4) is 0 Å². The largest absolute Gasteiger partial charge is 0.420 e. The summed E-state index contributed by atoms with van der Waals surface area (Å²) in [5.74, 6) is -1.60. The van der Waals surface area contributed by atoms with Crippen LogP contribution in [0.25, 0.3) is 11.1 Å². The molecule has 3 rings (SSSR count). The minimum absolute atomic E-state index is 0.0995. The van der Waals surface area contributed by atoms with Crippen molar-refractivity contribution >= 4 is 40.1 Å². The van der Waals surface area contributed by atoms with Crippen molar-refractivity contribution in [2.75, 3.05) is 6.54 Å². The van der Waals surface area contributed by atoms with Gasteiger partial charge in [0.25, 0.3) is 5.69 Å². The zero-order chi connectivity index (χ0) is 19.4. The Bertz CT molecular complexity index is 1050. The summed E-state index contributed by atoms with van der Waals surface area (Å²) in [6.07, 6.45) is 0.634. The third-order valence-corrected chi connectivity index (χ3v) is 4.59. The summed E-state index contributed by atoms with van der Waals surface area (Å²) < 4.78 is 5.88. The molecule has 0 aliphatic heterocycles. The molecule has 10 nitrogen and oxygen atoms in total. The van der Waals surface area contributed by atoms with Gasteiger partial charge in [0.05, 0.1) is 10.4 Å². The van der Waals surface area contributed by atoms with Crippen molar-refractivity contribution in [1.82, 2.24) is 15.2 Å². The molecule has 2 N–H and O–H groups in total. The molecule has 1 aromatic carbocycles. The van der Waals surface area contributed by atoms with Crippen LogP contribution in [-0.2, 0) is 17.8 Å². The average molecular weight is 390 g/mol. The third-order valence-electron chi connectivity index (χ3n) is 3.65. The number of nitrogens with one attached hydrogen (secondary N) is 2. The van der Waals surface area contributed by atoms with Crippen molar-refractivity contribution in [2.24, 2.45) is 0 Å². The highest BCUT2D eigenvalue weighted by atomic mass is 32.1. The van der Waals surface area contributed by atoms with Crippen LogP contribution in [0.3, 0.4) is 0 Å². The smallest absolute Gasteiger partial charge is 0.408 e. The molecule has 0 aliphatic rings. The predicted molar refractivity (Wildman–Crippen MR) is 96.7 cm³/mol. The van der Waals surface area contributed by atoms with Crippen LogP contribution in [0.4, 0.5) is 10.5 Å². The summed E-state index contributed by atoms with van der Waals surface area (Å²) in [4.78, 5) is 47.0. The lowest BCUT2D eigenvalue weighted by Gasteiger charge is -2.06. The van der Waals surface area contributed by atoms with Gasteiger partial charge in [0, 0.05) is 23.6 Å². The van der Waals surface area contributed by atoms with Gasteiger partial charge in [0.2, 0.25) is 5.91 Å². The summed E-state index contributed by atoms with van der Waals surface area (Å²) in [7, 11) is 0. The van der Waals surface area contributed by atoms with Crippen LogP contribution >= 0.6 is 11.3 Å². The highest BCUT2D eigenvalue weighted by molar-refractivity contribution is 7.09. The molecule has 3 aromatic rings. The molecular weight excluding hydrogens is 376 g/mol. The van der Waals surface area contributed by atoms with Gasteiger partial charge in [-0.1, -0.05) is 6.07 Å².